The molecule has 4 nitrogen and oxygen atoms in total. The van der Waals surface area contributed by atoms with Crippen molar-refractivity contribution >= 4 is 5.91 Å². The summed E-state index contributed by atoms with van der Waals surface area (Å²) in [5.41, 5.74) is -0.768. The first kappa shape index (κ1) is 15.4. The van der Waals surface area contributed by atoms with Crippen molar-refractivity contribution in [3.05, 3.63) is 35.4 Å². The second-order valence-corrected chi connectivity index (χ2v) is 5.46. The smallest absolute Gasteiger partial charge is 0.225 e. The third kappa shape index (κ3) is 3.76. The summed E-state index contributed by atoms with van der Waals surface area (Å²) >= 11 is 0. The first-order chi connectivity index (χ1) is 9.94. The molecule has 1 aromatic rings. The molecule has 21 heavy (non-hydrogen) atoms. The molecule has 1 N–H and O–H groups in total. The van der Waals surface area contributed by atoms with Crippen molar-refractivity contribution in [2.75, 3.05) is 20.1 Å². The van der Waals surface area contributed by atoms with Gasteiger partial charge in [0, 0.05) is 19.2 Å². The number of amides is 1. The minimum absolute atomic E-state index is 0.120. The molecule has 1 amide bonds. The fourth-order valence-corrected chi connectivity index (χ4v) is 2.41. The molecular formula is C15H17F2N3O. The van der Waals surface area contributed by atoms with Gasteiger partial charge in [0.15, 0.2) is 0 Å². The first-order valence-electron chi connectivity index (χ1n) is 6.79. The molecule has 0 aromatic heterocycles. The maximum atomic E-state index is 13.5. The lowest BCUT2D eigenvalue weighted by Gasteiger charge is -2.36. The van der Waals surface area contributed by atoms with Crippen molar-refractivity contribution in [3.8, 4) is 6.07 Å². The molecule has 1 aliphatic heterocycles. The Bertz CT molecular complexity index is 575. The highest BCUT2D eigenvalue weighted by Crippen LogP contribution is 2.21. The predicted molar refractivity (Wildman–Crippen MR) is 73.3 cm³/mol. The Balaban J connectivity index is 2.02. The van der Waals surface area contributed by atoms with Crippen LogP contribution in [0.25, 0.3) is 0 Å². The maximum absolute atomic E-state index is 13.5. The van der Waals surface area contributed by atoms with Crippen LogP contribution in [-0.4, -0.2) is 36.5 Å². The average molecular weight is 293 g/mol. The summed E-state index contributed by atoms with van der Waals surface area (Å²) in [6.07, 6.45) is 0.876. The van der Waals surface area contributed by atoms with Gasteiger partial charge in [0.2, 0.25) is 5.91 Å². The molecule has 1 fully saturated rings. The van der Waals surface area contributed by atoms with Crippen LogP contribution in [0.4, 0.5) is 8.78 Å². The Morgan fingerprint density at radius 3 is 2.67 bits per heavy atom. The van der Waals surface area contributed by atoms with Gasteiger partial charge in [-0.3, -0.25) is 4.79 Å². The molecule has 112 valence electrons. The number of rotatable bonds is 3. The van der Waals surface area contributed by atoms with Gasteiger partial charge in [-0.05, 0) is 31.5 Å². The summed E-state index contributed by atoms with van der Waals surface area (Å²) in [6.45, 7) is 1.44. The summed E-state index contributed by atoms with van der Waals surface area (Å²) in [7, 11) is 1.96. The van der Waals surface area contributed by atoms with E-state index in [1.54, 1.807) is 0 Å². The number of likely N-dealkylation sites (tertiary alicyclic amines) is 1. The van der Waals surface area contributed by atoms with Crippen molar-refractivity contribution < 1.29 is 13.6 Å². The summed E-state index contributed by atoms with van der Waals surface area (Å²) in [5.74, 6) is -1.85. The van der Waals surface area contributed by atoms with Crippen molar-refractivity contribution in [1.82, 2.24) is 10.2 Å². The van der Waals surface area contributed by atoms with Crippen molar-refractivity contribution in [1.29, 1.82) is 5.26 Å². The fraction of sp³-hybridized carbons (Fsp3) is 0.467. The molecule has 1 saturated heterocycles. The zero-order valence-electron chi connectivity index (χ0n) is 11.8. The maximum Gasteiger partial charge on any atom is 0.225 e. The molecule has 0 unspecified atom stereocenters. The molecule has 0 bridgehead atoms. The van der Waals surface area contributed by atoms with Gasteiger partial charge in [-0.2, -0.15) is 5.26 Å². The highest BCUT2D eigenvalue weighted by Gasteiger charge is 2.35. The molecule has 0 saturated carbocycles. The molecule has 6 heteroatoms. The zero-order valence-corrected chi connectivity index (χ0v) is 11.8. The van der Waals surface area contributed by atoms with Crippen molar-refractivity contribution in [3.63, 3.8) is 0 Å². The third-order valence-electron chi connectivity index (χ3n) is 3.80. The van der Waals surface area contributed by atoms with E-state index in [0.29, 0.717) is 12.8 Å². The van der Waals surface area contributed by atoms with Crippen LogP contribution in [0.2, 0.25) is 0 Å². The largest absolute Gasteiger partial charge is 0.337 e. The Morgan fingerprint density at radius 1 is 1.43 bits per heavy atom. The minimum Gasteiger partial charge on any atom is -0.337 e. The molecule has 1 aliphatic rings. The number of halogens is 2. The molecule has 2 rings (SSSR count). The second-order valence-electron chi connectivity index (χ2n) is 5.46. The third-order valence-corrected chi connectivity index (χ3v) is 3.80. The number of carbonyl (C=O) groups excluding carboxylic acids is 1. The van der Waals surface area contributed by atoms with Gasteiger partial charge in [0.1, 0.15) is 17.2 Å². The highest BCUT2D eigenvalue weighted by atomic mass is 19.1. The van der Waals surface area contributed by atoms with E-state index in [9.17, 15) is 18.8 Å². The van der Waals surface area contributed by atoms with Gasteiger partial charge in [-0.15, -0.1) is 0 Å². The highest BCUT2D eigenvalue weighted by molar-refractivity contribution is 5.79. The number of nitrogens with one attached hydrogen (secondary N) is 1. The lowest BCUT2D eigenvalue weighted by Crippen LogP contribution is -2.54. The SMILES string of the molecule is CN1CCC(C#N)(NC(=O)Cc2ccc(F)cc2F)CC1. The molecule has 0 atom stereocenters. The monoisotopic (exact) mass is 293 g/mol. The number of nitriles is 1. The lowest BCUT2D eigenvalue weighted by atomic mass is 9.89. The fourth-order valence-electron chi connectivity index (χ4n) is 2.41. The number of carbonyl (C=O) groups is 1. The number of piperidine rings is 1. The zero-order chi connectivity index (χ0) is 15.5. The molecule has 0 spiro atoms. The number of nitrogens with zero attached hydrogens (tertiary/aromatic N) is 2. The Labute approximate surface area is 122 Å². The lowest BCUT2D eigenvalue weighted by molar-refractivity contribution is -0.122. The molecule has 1 heterocycles. The van der Waals surface area contributed by atoms with E-state index in [4.69, 9.17) is 0 Å². The molecule has 1 aromatic carbocycles. The van der Waals surface area contributed by atoms with Gasteiger partial charge in [0.25, 0.3) is 0 Å². The van der Waals surface area contributed by atoms with E-state index in [1.807, 2.05) is 7.05 Å². The molecule has 0 aliphatic carbocycles. The van der Waals surface area contributed by atoms with Crippen LogP contribution in [0.3, 0.4) is 0 Å². The van der Waals surface area contributed by atoms with Crippen molar-refractivity contribution in [2.24, 2.45) is 0 Å². The minimum atomic E-state index is -0.889. The Morgan fingerprint density at radius 2 is 2.10 bits per heavy atom. The number of benzene rings is 1. The first-order valence-corrected chi connectivity index (χ1v) is 6.79. The summed E-state index contributed by atoms with van der Waals surface area (Å²) in [4.78, 5) is 14.1. The Kier molecular flexibility index (Phi) is 4.53. The van der Waals surface area contributed by atoms with Crippen LogP contribution in [0.1, 0.15) is 18.4 Å². The van der Waals surface area contributed by atoms with Crippen LogP contribution >= 0.6 is 0 Å². The van der Waals surface area contributed by atoms with Gasteiger partial charge >= 0.3 is 0 Å². The average Bonchev–Trinajstić information content (AvgIpc) is 2.45. The molecular weight excluding hydrogens is 276 g/mol. The number of hydrogen-bond donors (Lipinski definition) is 1. The quantitative estimate of drug-likeness (QED) is 0.921. The number of hydrogen-bond acceptors (Lipinski definition) is 3. The van der Waals surface area contributed by atoms with Crippen LogP contribution in [0.5, 0.6) is 0 Å². The standard InChI is InChI=1S/C15H17F2N3O/c1-20-6-4-15(10-18,5-7-20)19-14(21)8-11-2-3-12(16)9-13(11)17/h2-3,9H,4-8H2,1H3,(H,19,21). The van der Waals surface area contributed by atoms with E-state index in [2.05, 4.69) is 16.3 Å². The summed E-state index contributed by atoms with van der Waals surface area (Å²) in [6, 6.07) is 5.27. The second kappa shape index (κ2) is 6.19. The van der Waals surface area contributed by atoms with E-state index in [1.165, 1.54) is 6.07 Å². The van der Waals surface area contributed by atoms with Crippen LogP contribution in [0.15, 0.2) is 18.2 Å². The van der Waals surface area contributed by atoms with Crippen LogP contribution < -0.4 is 5.32 Å². The summed E-state index contributed by atoms with van der Waals surface area (Å²) < 4.78 is 26.3. The summed E-state index contributed by atoms with van der Waals surface area (Å²) in [5, 5.41) is 12.0. The van der Waals surface area contributed by atoms with Gasteiger partial charge in [-0.1, -0.05) is 6.07 Å². The van der Waals surface area contributed by atoms with E-state index in [-0.39, 0.29) is 12.0 Å². The van der Waals surface area contributed by atoms with Gasteiger partial charge in [-0.25, -0.2) is 8.78 Å². The normalized spacial score (nSPS) is 18.0. The molecule has 0 radical (unpaired) electrons. The van der Waals surface area contributed by atoms with Crippen LogP contribution in [0, 0.1) is 23.0 Å². The van der Waals surface area contributed by atoms with Gasteiger partial charge in [0.05, 0.1) is 12.5 Å². The van der Waals surface area contributed by atoms with E-state index >= 15 is 0 Å². The van der Waals surface area contributed by atoms with Gasteiger partial charge < -0.3 is 10.2 Å². The topological polar surface area (TPSA) is 56.1 Å². The van der Waals surface area contributed by atoms with Crippen molar-refractivity contribution in [2.45, 2.75) is 24.8 Å². The van der Waals surface area contributed by atoms with Crippen LogP contribution in [-0.2, 0) is 11.2 Å². The Hall–Kier alpha value is -2.00. The van der Waals surface area contributed by atoms with E-state index < -0.39 is 23.1 Å². The predicted octanol–water partition coefficient (Wildman–Crippen LogP) is 1.61. The van der Waals surface area contributed by atoms with E-state index in [0.717, 1.165) is 25.2 Å².